The van der Waals surface area contributed by atoms with Crippen LogP contribution < -0.4 is 16.0 Å². The summed E-state index contributed by atoms with van der Waals surface area (Å²) in [5.74, 6) is -0.933. The lowest BCUT2D eigenvalue weighted by Gasteiger charge is -2.09. The van der Waals surface area contributed by atoms with E-state index in [1.807, 2.05) is 0 Å². The molecular formula is C15H21N3O3. The normalized spacial score (nSPS) is 9.86. The zero-order valence-corrected chi connectivity index (χ0v) is 12.6. The summed E-state index contributed by atoms with van der Waals surface area (Å²) in [5.41, 5.74) is 0.880. The fourth-order valence-electron chi connectivity index (χ4n) is 1.81. The third kappa shape index (κ3) is 4.59. The van der Waals surface area contributed by atoms with Gasteiger partial charge in [-0.2, -0.15) is 0 Å². The summed E-state index contributed by atoms with van der Waals surface area (Å²) >= 11 is 0. The summed E-state index contributed by atoms with van der Waals surface area (Å²) in [4.78, 5) is 35.8. The van der Waals surface area contributed by atoms with Crippen LogP contribution in [0.4, 0.5) is 0 Å². The Labute approximate surface area is 124 Å². The van der Waals surface area contributed by atoms with Crippen LogP contribution >= 0.6 is 0 Å². The molecule has 0 saturated carbocycles. The van der Waals surface area contributed by atoms with Gasteiger partial charge in [-0.05, 0) is 39.0 Å². The maximum Gasteiger partial charge on any atom is 0.251 e. The van der Waals surface area contributed by atoms with Gasteiger partial charge in [0.2, 0.25) is 0 Å². The molecule has 0 radical (unpaired) electrons. The Hall–Kier alpha value is -2.37. The van der Waals surface area contributed by atoms with Crippen LogP contribution in [-0.2, 0) is 0 Å². The minimum Gasteiger partial charge on any atom is -0.352 e. The lowest BCUT2D eigenvalue weighted by atomic mass is 10.0. The molecule has 3 amide bonds. The van der Waals surface area contributed by atoms with Crippen LogP contribution in [0.15, 0.2) is 18.2 Å². The van der Waals surface area contributed by atoms with Gasteiger partial charge in [0.1, 0.15) is 0 Å². The van der Waals surface area contributed by atoms with Crippen LogP contribution in [0.1, 0.15) is 51.8 Å². The Kier molecular flexibility index (Phi) is 6.39. The summed E-state index contributed by atoms with van der Waals surface area (Å²) in [6.07, 6.45) is 0. The van der Waals surface area contributed by atoms with Crippen molar-refractivity contribution in [2.75, 3.05) is 19.6 Å². The molecular weight excluding hydrogens is 270 g/mol. The van der Waals surface area contributed by atoms with E-state index < -0.39 is 0 Å². The largest absolute Gasteiger partial charge is 0.352 e. The van der Waals surface area contributed by atoms with Gasteiger partial charge in [-0.3, -0.25) is 14.4 Å². The maximum atomic E-state index is 11.9. The molecule has 21 heavy (non-hydrogen) atoms. The highest BCUT2D eigenvalue weighted by molar-refractivity contribution is 6.04. The van der Waals surface area contributed by atoms with Crippen LogP contribution in [0.5, 0.6) is 0 Å². The Morgan fingerprint density at radius 2 is 0.905 bits per heavy atom. The smallest absolute Gasteiger partial charge is 0.251 e. The molecule has 0 aliphatic heterocycles. The predicted molar refractivity (Wildman–Crippen MR) is 80.5 cm³/mol. The predicted octanol–water partition coefficient (Wildman–Crippen LogP) is 0.936. The van der Waals surface area contributed by atoms with Crippen LogP contribution in [0.2, 0.25) is 0 Å². The monoisotopic (exact) mass is 291 g/mol. The number of carbonyl (C=O) groups excluding carboxylic acids is 3. The fraction of sp³-hybridized carbons (Fsp3) is 0.400. The fourth-order valence-corrected chi connectivity index (χ4v) is 1.81. The number of benzene rings is 1. The molecule has 0 aromatic heterocycles. The van der Waals surface area contributed by atoms with E-state index in [0.717, 1.165) is 0 Å². The molecule has 1 rings (SSSR count). The van der Waals surface area contributed by atoms with Crippen molar-refractivity contribution in [3.63, 3.8) is 0 Å². The molecule has 6 nitrogen and oxygen atoms in total. The summed E-state index contributed by atoms with van der Waals surface area (Å²) in [5, 5.41) is 7.97. The van der Waals surface area contributed by atoms with E-state index in [-0.39, 0.29) is 17.7 Å². The Balaban J connectivity index is 3.22. The van der Waals surface area contributed by atoms with Gasteiger partial charge in [-0.1, -0.05) is 0 Å². The third-order valence-corrected chi connectivity index (χ3v) is 2.73. The molecule has 0 atom stereocenters. The number of carbonyl (C=O) groups is 3. The minimum atomic E-state index is -0.311. The van der Waals surface area contributed by atoms with Gasteiger partial charge in [0.05, 0.1) is 0 Å². The van der Waals surface area contributed by atoms with Crippen molar-refractivity contribution >= 4 is 17.7 Å². The van der Waals surface area contributed by atoms with Crippen LogP contribution in [0.25, 0.3) is 0 Å². The first-order valence-electron chi connectivity index (χ1n) is 7.03. The molecule has 0 saturated heterocycles. The molecule has 1 aromatic carbocycles. The number of hydrogen-bond acceptors (Lipinski definition) is 3. The van der Waals surface area contributed by atoms with Crippen molar-refractivity contribution in [3.05, 3.63) is 34.9 Å². The van der Waals surface area contributed by atoms with Gasteiger partial charge in [0.15, 0.2) is 0 Å². The van der Waals surface area contributed by atoms with E-state index in [1.165, 1.54) is 18.2 Å². The van der Waals surface area contributed by atoms with Crippen molar-refractivity contribution in [1.29, 1.82) is 0 Å². The van der Waals surface area contributed by atoms with Crippen molar-refractivity contribution in [1.82, 2.24) is 16.0 Å². The molecule has 0 spiro atoms. The molecule has 0 fully saturated rings. The van der Waals surface area contributed by atoms with Crippen LogP contribution in [0, 0.1) is 0 Å². The molecule has 114 valence electrons. The summed E-state index contributed by atoms with van der Waals surface area (Å²) in [6.45, 7) is 6.82. The highest BCUT2D eigenvalue weighted by Gasteiger charge is 2.15. The number of rotatable bonds is 6. The minimum absolute atomic E-state index is 0.293. The second-order valence-corrected chi connectivity index (χ2v) is 4.38. The molecule has 1 aromatic rings. The first-order valence-corrected chi connectivity index (χ1v) is 7.03. The average molecular weight is 291 g/mol. The number of amides is 3. The molecule has 0 aliphatic rings. The maximum absolute atomic E-state index is 11.9. The summed E-state index contributed by atoms with van der Waals surface area (Å²) in [7, 11) is 0. The molecule has 3 N–H and O–H groups in total. The van der Waals surface area contributed by atoms with Gasteiger partial charge in [-0.25, -0.2) is 0 Å². The van der Waals surface area contributed by atoms with E-state index in [9.17, 15) is 14.4 Å². The Morgan fingerprint density at radius 3 is 1.10 bits per heavy atom. The van der Waals surface area contributed by atoms with Gasteiger partial charge in [0, 0.05) is 36.3 Å². The Morgan fingerprint density at radius 1 is 0.667 bits per heavy atom. The Bertz CT molecular complexity index is 452. The number of hydrogen-bond donors (Lipinski definition) is 3. The van der Waals surface area contributed by atoms with E-state index in [0.29, 0.717) is 36.3 Å². The topological polar surface area (TPSA) is 87.3 Å². The van der Waals surface area contributed by atoms with Crippen molar-refractivity contribution in [2.45, 2.75) is 20.8 Å². The molecule has 0 heterocycles. The van der Waals surface area contributed by atoms with E-state index in [2.05, 4.69) is 16.0 Å². The zero-order chi connectivity index (χ0) is 15.8. The van der Waals surface area contributed by atoms with Crippen molar-refractivity contribution < 1.29 is 14.4 Å². The SMILES string of the molecule is CCNC(=O)c1cc(C(=O)NCC)cc(C(=O)NCC)c1. The van der Waals surface area contributed by atoms with Gasteiger partial charge >= 0.3 is 0 Å². The van der Waals surface area contributed by atoms with Crippen LogP contribution in [-0.4, -0.2) is 37.4 Å². The quantitative estimate of drug-likeness (QED) is 0.729. The third-order valence-electron chi connectivity index (χ3n) is 2.73. The van der Waals surface area contributed by atoms with Crippen molar-refractivity contribution in [2.24, 2.45) is 0 Å². The lowest BCUT2D eigenvalue weighted by molar-refractivity contribution is 0.0955. The first-order chi connectivity index (χ1) is 10.0. The van der Waals surface area contributed by atoms with Gasteiger partial charge in [-0.15, -0.1) is 0 Å². The summed E-state index contributed by atoms with van der Waals surface area (Å²) < 4.78 is 0. The lowest BCUT2D eigenvalue weighted by Crippen LogP contribution is -2.28. The average Bonchev–Trinajstić information content (AvgIpc) is 2.47. The summed E-state index contributed by atoms with van der Waals surface area (Å²) in [6, 6.07) is 4.45. The van der Waals surface area contributed by atoms with E-state index in [4.69, 9.17) is 0 Å². The van der Waals surface area contributed by atoms with E-state index >= 15 is 0 Å². The van der Waals surface area contributed by atoms with E-state index in [1.54, 1.807) is 20.8 Å². The number of nitrogens with one attached hydrogen (secondary N) is 3. The molecule has 0 unspecified atom stereocenters. The first kappa shape index (κ1) is 16.7. The zero-order valence-electron chi connectivity index (χ0n) is 12.6. The standard InChI is InChI=1S/C15H21N3O3/c1-4-16-13(19)10-7-11(14(20)17-5-2)9-12(8-10)15(21)18-6-3/h7-9H,4-6H2,1-3H3,(H,16,19)(H,17,20)(H,18,21). The van der Waals surface area contributed by atoms with Crippen molar-refractivity contribution in [3.8, 4) is 0 Å². The second kappa shape index (κ2) is 8.04. The van der Waals surface area contributed by atoms with Gasteiger partial charge in [0.25, 0.3) is 17.7 Å². The van der Waals surface area contributed by atoms with Crippen LogP contribution in [0.3, 0.4) is 0 Å². The van der Waals surface area contributed by atoms with Gasteiger partial charge < -0.3 is 16.0 Å². The second-order valence-electron chi connectivity index (χ2n) is 4.38. The highest BCUT2D eigenvalue weighted by Crippen LogP contribution is 2.11. The molecule has 0 bridgehead atoms. The molecule has 0 aliphatic carbocycles. The molecule has 6 heteroatoms. The highest BCUT2D eigenvalue weighted by atomic mass is 16.2.